The quantitative estimate of drug-likeness (QED) is 0.762. The predicted molar refractivity (Wildman–Crippen MR) is 83.7 cm³/mol. The second kappa shape index (κ2) is 4.77. The predicted octanol–water partition coefficient (Wildman–Crippen LogP) is 3.96. The number of fused-ring (bicyclic) bond motifs is 4. The van der Waals surface area contributed by atoms with E-state index in [0.717, 1.165) is 20.3 Å². The second-order valence-corrected chi connectivity index (χ2v) is 6.96. The second-order valence-electron chi connectivity index (χ2n) is 5.19. The molecule has 0 spiro atoms. The molecule has 0 aromatic heterocycles. The third-order valence-electron chi connectivity index (χ3n) is 3.74. The Bertz CT molecular complexity index is 605. The fraction of sp³-hybridized carbons (Fsp3) is 0.357. The number of carbonyl (C=O) groups is 1. The number of hydrogen-bond acceptors (Lipinski definition) is 2. The zero-order valence-electron chi connectivity index (χ0n) is 11.0. The van der Waals surface area contributed by atoms with Gasteiger partial charge in [0.25, 0.3) is 0 Å². The lowest BCUT2D eigenvalue weighted by Crippen LogP contribution is -2.64. The summed E-state index contributed by atoms with van der Waals surface area (Å²) in [5, 5.41) is 3.04. The molecule has 1 aromatic carbocycles. The molecule has 0 saturated carbocycles. The highest BCUT2D eigenvalue weighted by molar-refractivity contribution is 9.11. The number of nitrogens with one attached hydrogen (secondary N) is 1. The van der Waals surface area contributed by atoms with Gasteiger partial charge in [0, 0.05) is 23.0 Å². The highest BCUT2D eigenvalue weighted by atomic mass is 79.9. The molecule has 106 valence electrons. The number of hydrogen-bond donors (Lipinski definition) is 1. The van der Waals surface area contributed by atoms with Crippen LogP contribution in [0.2, 0.25) is 0 Å². The van der Waals surface area contributed by atoms with Crippen molar-refractivity contribution >= 4 is 37.9 Å². The van der Waals surface area contributed by atoms with Crippen molar-refractivity contribution in [3.63, 3.8) is 0 Å². The van der Waals surface area contributed by atoms with Crippen LogP contribution in [0.3, 0.4) is 0 Å². The first kappa shape index (κ1) is 13.9. The van der Waals surface area contributed by atoms with Gasteiger partial charge in [-0.25, -0.2) is 4.79 Å². The molecule has 1 saturated heterocycles. The van der Waals surface area contributed by atoms with Gasteiger partial charge in [0.1, 0.15) is 5.75 Å². The van der Waals surface area contributed by atoms with Gasteiger partial charge < -0.3 is 10.1 Å². The molecule has 0 aliphatic carbocycles. The van der Waals surface area contributed by atoms with Crippen LogP contribution < -0.4 is 10.1 Å². The first-order chi connectivity index (χ1) is 9.44. The number of rotatable bonds is 2. The van der Waals surface area contributed by atoms with Crippen LogP contribution in [-0.4, -0.2) is 23.2 Å². The van der Waals surface area contributed by atoms with Crippen molar-refractivity contribution in [3.05, 3.63) is 39.3 Å². The molecule has 1 aromatic rings. The molecule has 3 rings (SSSR count). The molecule has 6 heteroatoms. The first-order valence-electron chi connectivity index (χ1n) is 6.31. The molecule has 1 N–H and O–H groups in total. The lowest BCUT2D eigenvalue weighted by Gasteiger charge is -2.50. The molecule has 20 heavy (non-hydrogen) atoms. The van der Waals surface area contributed by atoms with E-state index < -0.39 is 5.72 Å². The fourth-order valence-electron chi connectivity index (χ4n) is 2.84. The van der Waals surface area contributed by atoms with Crippen molar-refractivity contribution in [2.45, 2.75) is 25.1 Å². The van der Waals surface area contributed by atoms with Gasteiger partial charge in [0.05, 0.1) is 10.5 Å². The van der Waals surface area contributed by atoms with E-state index in [-0.39, 0.29) is 12.1 Å². The van der Waals surface area contributed by atoms with E-state index >= 15 is 0 Å². The molecule has 4 nitrogen and oxygen atoms in total. The standard InChI is InChI=1S/C14H14Br2N2O2/c1-3-4-18-13(19)17-11-7-14(18,2)20-12-9(11)5-8(15)6-10(12)16/h3,5-6,11H,1,4,7H2,2H3,(H,17,19). The summed E-state index contributed by atoms with van der Waals surface area (Å²) < 4.78 is 8.00. The highest BCUT2D eigenvalue weighted by Crippen LogP contribution is 2.48. The minimum atomic E-state index is -0.648. The van der Waals surface area contributed by atoms with Gasteiger partial charge in [-0.15, -0.1) is 6.58 Å². The molecule has 2 bridgehead atoms. The Kier molecular flexibility index (Phi) is 3.33. The van der Waals surface area contributed by atoms with Crippen LogP contribution >= 0.6 is 31.9 Å². The zero-order valence-corrected chi connectivity index (χ0v) is 14.1. The Balaban J connectivity index is 2.10. The van der Waals surface area contributed by atoms with Crippen LogP contribution in [0.4, 0.5) is 4.79 Å². The number of urea groups is 1. The van der Waals surface area contributed by atoms with E-state index in [4.69, 9.17) is 4.74 Å². The zero-order chi connectivity index (χ0) is 14.5. The summed E-state index contributed by atoms with van der Waals surface area (Å²) in [6.45, 7) is 6.11. The average Bonchev–Trinajstić information content (AvgIpc) is 2.36. The summed E-state index contributed by atoms with van der Waals surface area (Å²) in [5.41, 5.74) is 0.347. The van der Waals surface area contributed by atoms with Crippen molar-refractivity contribution in [3.8, 4) is 5.75 Å². The first-order valence-corrected chi connectivity index (χ1v) is 7.90. The summed E-state index contributed by atoms with van der Waals surface area (Å²) in [6.07, 6.45) is 2.42. The molecular weight excluding hydrogens is 388 g/mol. The Morgan fingerprint density at radius 2 is 2.35 bits per heavy atom. The summed E-state index contributed by atoms with van der Waals surface area (Å²) in [4.78, 5) is 13.9. The summed E-state index contributed by atoms with van der Waals surface area (Å²) in [7, 11) is 0. The van der Waals surface area contributed by atoms with E-state index in [2.05, 4.69) is 43.8 Å². The maximum atomic E-state index is 12.2. The lowest BCUT2D eigenvalue weighted by molar-refractivity contribution is -0.0793. The third-order valence-corrected chi connectivity index (χ3v) is 4.79. The minimum absolute atomic E-state index is 0.0360. The SMILES string of the molecule is C=CCN1C(=O)NC2CC1(C)Oc1c(Br)cc(Br)cc12. The van der Waals surface area contributed by atoms with Crippen LogP contribution in [-0.2, 0) is 0 Å². The maximum absolute atomic E-state index is 12.2. The van der Waals surface area contributed by atoms with E-state index in [1.165, 1.54) is 0 Å². The number of ether oxygens (including phenoxy) is 1. The van der Waals surface area contributed by atoms with Gasteiger partial charge in [0.2, 0.25) is 0 Å². The van der Waals surface area contributed by atoms with E-state index in [1.807, 2.05) is 19.1 Å². The number of halogens is 2. The minimum Gasteiger partial charge on any atom is -0.466 e. The van der Waals surface area contributed by atoms with Crippen molar-refractivity contribution in [2.75, 3.05) is 6.54 Å². The molecule has 2 heterocycles. The largest absolute Gasteiger partial charge is 0.466 e. The Hall–Kier alpha value is -1.01. The van der Waals surface area contributed by atoms with E-state index in [0.29, 0.717) is 13.0 Å². The summed E-state index contributed by atoms with van der Waals surface area (Å²) in [6, 6.07) is 3.79. The van der Waals surface area contributed by atoms with Gasteiger partial charge in [0.15, 0.2) is 5.72 Å². The van der Waals surface area contributed by atoms with Crippen LogP contribution in [0.5, 0.6) is 5.75 Å². The molecule has 0 radical (unpaired) electrons. The molecular formula is C14H14Br2N2O2. The van der Waals surface area contributed by atoms with Gasteiger partial charge in [-0.05, 0) is 35.0 Å². The summed E-state index contributed by atoms with van der Waals surface area (Å²) in [5.74, 6) is 0.793. The van der Waals surface area contributed by atoms with Gasteiger partial charge in [-0.2, -0.15) is 0 Å². The normalized spacial score (nSPS) is 27.4. The van der Waals surface area contributed by atoms with Crippen molar-refractivity contribution in [1.82, 2.24) is 10.2 Å². The van der Waals surface area contributed by atoms with Crippen LogP contribution in [0.1, 0.15) is 24.9 Å². The Morgan fingerprint density at radius 1 is 1.60 bits per heavy atom. The number of benzene rings is 1. The van der Waals surface area contributed by atoms with Crippen molar-refractivity contribution in [2.24, 2.45) is 0 Å². The van der Waals surface area contributed by atoms with E-state index in [1.54, 1.807) is 11.0 Å². The highest BCUT2D eigenvalue weighted by Gasteiger charge is 2.49. The van der Waals surface area contributed by atoms with Crippen molar-refractivity contribution in [1.29, 1.82) is 0 Å². The lowest BCUT2D eigenvalue weighted by atomic mass is 9.90. The van der Waals surface area contributed by atoms with Crippen LogP contribution in [0.15, 0.2) is 33.7 Å². The van der Waals surface area contributed by atoms with Gasteiger partial charge in [-0.1, -0.05) is 22.0 Å². The molecule has 2 unspecified atom stereocenters. The topological polar surface area (TPSA) is 41.6 Å². The monoisotopic (exact) mass is 400 g/mol. The molecule has 1 fully saturated rings. The van der Waals surface area contributed by atoms with E-state index in [9.17, 15) is 4.79 Å². The van der Waals surface area contributed by atoms with Gasteiger partial charge in [-0.3, -0.25) is 4.90 Å². The third kappa shape index (κ3) is 2.05. The number of amides is 2. The Morgan fingerprint density at radius 3 is 3.05 bits per heavy atom. The summed E-state index contributed by atoms with van der Waals surface area (Å²) >= 11 is 7.01. The fourth-order valence-corrected chi connectivity index (χ4v) is 4.18. The molecule has 2 aliphatic heterocycles. The maximum Gasteiger partial charge on any atom is 0.321 e. The Labute approximate surface area is 134 Å². The number of carbonyl (C=O) groups excluding carboxylic acids is 1. The molecule has 2 atom stereocenters. The van der Waals surface area contributed by atoms with Crippen LogP contribution in [0.25, 0.3) is 0 Å². The number of nitrogens with zero attached hydrogens (tertiary/aromatic N) is 1. The van der Waals surface area contributed by atoms with Crippen molar-refractivity contribution < 1.29 is 9.53 Å². The molecule has 2 amide bonds. The average molecular weight is 402 g/mol. The van der Waals surface area contributed by atoms with Crippen LogP contribution in [0, 0.1) is 0 Å². The smallest absolute Gasteiger partial charge is 0.321 e. The van der Waals surface area contributed by atoms with Gasteiger partial charge >= 0.3 is 6.03 Å². The molecule has 2 aliphatic rings.